The summed E-state index contributed by atoms with van der Waals surface area (Å²) >= 11 is 3.43. The first kappa shape index (κ1) is 19.8. The van der Waals surface area contributed by atoms with E-state index in [9.17, 15) is 9.59 Å². The van der Waals surface area contributed by atoms with Gasteiger partial charge in [-0.05, 0) is 47.5 Å². The number of hydrogen-bond donors (Lipinski definition) is 1. The third kappa shape index (κ3) is 4.58. The number of carbonyl (C=O) groups is 2. The molecular weight excluding hydrogens is 446 g/mol. The molecule has 0 saturated heterocycles. The largest absolute Gasteiger partial charge is 0.449 e. The van der Waals surface area contributed by atoms with Gasteiger partial charge in [-0.25, -0.2) is 0 Å². The number of hydrogen-bond acceptors (Lipinski definition) is 4. The Labute approximate surface area is 182 Å². The van der Waals surface area contributed by atoms with Crippen molar-refractivity contribution >= 4 is 39.5 Å². The molecule has 30 heavy (non-hydrogen) atoms. The van der Waals surface area contributed by atoms with E-state index in [0.717, 1.165) is 15.6 Å². The lowest BCUT2D eigenvalue weighted by atomic mass is 10.1. The van der Waals surface area contributed by atoms with Crippen LogP contribution in [0.2, 0.25) is 0 Å². The minimum atomic E-state index is -0.370. The molecule has 2 amide bonds. The summed E-state index contributed by atoms with van der Waals surface area (Å²) in [6, 6.07) is 18.4. The van der Waals surface area contributed by atoms with Crippen LogP contribution in [0.25, 0.3) is 6.08 Å². The minimum Gasteiger partial charge on any atom is -0.449 e. The van der Waals surface area contributed by atoms with Gasteiger partial charge in [0.15, 0.2) is 11.5 Å². The van der Waals surface area contributed by atoms with Gasteiger partial charge in [-0.1, -0.05) is 46.3 Å². The summed E-state index contributed by atoms with van der Waals surface area (Å²) in [7, 11) is 0. The number of rotatable bonds is 5. The van der Waals surface area contributed by atoms with Crippen LogP contribution in [0.3, 0.4) is 0 Å². The van der Waals surface area contributed by atoms with Crippen LogP contribution in [0.4, 0.5) is 5.69 Å². The van der Waals surface area contributed by atoms with E-state index >= 15 is 0 Å². The van der Waals surface area contributed by atoms with E-state index in [4.69, 9.17) is 4.74 Å². The number of benzene rings is 2. The van der Waals surface area contributed by atoms with E-state index in [0.29, 0.717) is 18.0 Å². The van der Waals surface area contributed by atoms with Crippen LogP contribution in [0, 0.1) is 0 Å². The molecule has 3 aromatic rings. The summed E-state index contributed by atoms with van der Waals surface area (Å²) in [5.74, 6) is 0.0428. The molecule has 0 saturated carbocycles. The fourth-order valence-corrected chi connectivity index (χ4v) is 3.49. The van der Waals surface area contributed by atoms with Crippen LogP contribution in [0.1, 0.15) is 11.1 Å². The molecule has 2 heterocycles. The van der Waals surface area contributed by atoms with Gasteiger partial charge in [0.05, 0.1) is 5.69 Å². The Morgan fingerprint density at radius 2 is 2.00 bits per heavy atom. The number of aromatic nitrogens is 1. The Morgan fingerprint density at radius 1 is 1.13 bits per heavy atom. The van der Waals surface area contributed by atoms with Gasteiger partial charge in [-0.3, -0.25) is 19.5 Å². The highest BCUT2D eigenvalue weighted by Crippen LogP contribution is 2.35. The number of carbonyl (C=O) groups excluding carboxylic acids is 2. The normalized spacial score (nSPS) is 14.2. The van der Waals surface area contributed by atoms with E-state index in [2.05, 4.69) is 26.2 Å². The second kappa shape index (κ2) is 8.92. The lowest BCUT2D eigenvalue weighted by Gasteiger charge is -2.30. The number of amides is 2. The maximum atomic E-state index is 13.1. The fourth-order valence-electron chi connectivity index (χ4n) is 3.07. The van der Waals surface area contributed by atoms with Crippen LogP contribution in [-0.4, -0.2) is 23.3 Å². The summed E-state index contributed by atoms with van der Waals surface area (Å²) in [6.07, 6.45) is 5.03. The zero-order chi connectivity index (χ0) is 20.9. The quantitative estimate of drug-likeness (QED) is 0.581. The van der Waals surface area contributed by atoms with E-state index < -0.39 is 0 Å². The van der Waals surface area contributed by atoms with Crippen LogP contribution in [0.15, 0.2) is 83.3 Å². The molecule has 1 aliphatic rings. The third-order valence-electron chi connectivity index (χ3n) is 4.49. The van der Waals surface area contributed by atoms with Crippen molar-refractivity contribution in [2.75, 3.05) is 11.4 Å². The van der Waals surface area contributed by atoms with E-state index in [1.54, 1.807) is 36.7 Å². The van der Waals surface area contributed by atoms with Gasteiger partial charge in [-0.15, -0.1) is 0 Å². The predicted octanol–water partition coefficient (Wildman–Crippen LogP) is 3.93. The Balaban J connectivity index is 1.56. The van der Waals surface area contributed by atoms with Crippen LogP contribution in [-0.2, 0) is 16.1 Å². The Bertz CT molecular complexity index is 1120. The lowest BCUT2D eigenvalue weighted by molar-refractivity contribution is -0.123. The van der Waals surface area contributed by atoms with Crippen molar-refractivity contribution in [3.05, 3.63) is 94.4 Å². The monoisotopic (exact) mass is 463 g/mol. The Hall–Kier alpha value is -3.45. The Kier molecular flexibility index (Phi) is 5.90. The average Bonchev–Trinajstić information content (AvgIpc) is 2.76. The second-order valence-electron chi connectivity index (χ2n) is 6.66. The lowest BCUT2D eigenvalue weighted by Crippen LogP contribution is -2.44. The van der Waals surface area contributed by atoms with Gasteiger partial charge in [0.25, 0.3) is 5.91 Å². The van der Waals surface area contributed by atoms with E-state index in [-0.39, 0.29) is 24.1 Å². The molecule has 6 nitrogen and oxygen atoms in total. The highest BCUT2D eigenvalue weighted by atomic mass is 79.9. The van der Waals surface area contributed by atoms with Crippen molar-refractivity contribution in [2.45, 2.75) is 6.54 Å². The third-order valence-corrected chi connectivity index (χ3v) is 4.99. The molecule has 7 heteroatoms. The topological polar surface area (TPSA) is 71.5 Å². The maximum absolute atomic E-state index is 13.1. The Morgan fingerprint density at radius 3 is 2.80 bits per heavy atom. The molecule has 0 atom stereocenters. The standard InChI is InChI=1S/C23H18BrN3O3/c24-18-7-3-5-16(11-18)12-21-23(29)27(19-8-1-2-9-20(19)30-21)15-22(28)26-14-17-6-4-10-25-13-17/h1-13H,14-15H2,(H,26,28)/b21-12-. The summed E-state index contributed by atoms with van der Waals surface area (Å²) in [4.78, 5) is 31.1. The summed E-state index contributed by atoms with van der Waals surface area (Å²) in [5, 5.41) is 2.83. The first-order valence-corrected chi connectivity index (χ1v) is 10.1. The highest BCUT2D eigenvalue weighted by Gasteiger charge is 2.31. The van der Waals surface area contributed by atoms with Crippen LogP contribution >= 0.6 is 15.9 Å². The van der Waals surface area contributed by atoms with Crippen molar-refractivity contribution in [3.63, 3.8) is 0 Å². The second-order valence-corrected chi connectivity index (χ2v) is 7.58. The number of ether oxygens (including phenoxy) is 1. The maximum Gasteiger partial charge on any atom is 0.294 e. The highest BCUT2D eigenvalue weighted by molar-refractivity contribution is 9.10. The van der Waals surface area contributed by atoms with Gasteiger partial charge in [0, 0.05) is 23.4 Å². The van der Waals surface area contributed by atoms with Gasteiger partial charge in [0.1, 0.15) is 6.54 Å². The molecule has 1 N–H and O–H groups in total. The molecule has 4 rings (SSSR count). The summed E-state index contributed by atoms with van der Waals surface area (Å²) in [6.45, 7) is 0.225. The van der Waals surface area contributed by atoms with Crippen LogP contribution < -0.4 is 15.0 Å². The zero-order valence-corrected chi connectivity index (χ0v) is 17.5. The van der Waals surface area contributed by atoms with E-state index in [1.807, 2.05) is 42.5 Å². The minimum absolute atomic E-state index is 0.116. The summed E-state index contributed by atoms with van der Waals surface area (Å²) < 4.78 is 6.74. The number of halogens is 1. The van der Waals surface area contributed by atoms with Gasteiger partial charge < -0.3 is 10.1 Å². The fraction of sp³-hybridized carbons (Fsp3) is 0.0870. The number of pyridine rings is 1. The van der Waals surface area contributed by atoms with Crippen molar-refractivity contribution < 1.29 is 14.3 Å². The van der Waals surface area contributed by atoms with Crippen LogP contribution in [0.5, 0.6) is 5.75 Å². The molecule has 0 bridgehead atoms. The molecule has 0 spiro atoms. The molecule has 150 valence electrons. The molecule has 1 aliphatic heterocycles. The number of nitrogens with one attached hydrogen (secondary N) is 1. The number of fused-ring (bicyclic) bond motifs is 1. The summed E-state index contributed by atoms with van der Waals surface area (Å²) in [5.41, 5.74) is 2.26. The number of anilines is 1. The van der Waals surface area contributed by atoms with Gasteiger partial charge in [0.2, 0.25) is 5.91 Å². The van der Waals surface area contributed by atoms with Gasteiger partial charge >= 0.3 is 0 Å². The molecular formula is C23H18BrN3O3. The zero-order valence-electron chi connectivity index (χ0n) is 15.9. The van der Waals surface area contributed by atoms with Gasteiger partial charge in [-0.2, -0.15) is 0 Å². The first-order chi connectivity index (χ1) is 14.6. The van der Waals surface area contributed by atoms with Crippen molar-refractivity contribution in [2.24, 2.45) is 0 Å². The number of nitrogens with zero attached hydrogens (tertiary/aromatic N) is 2. The van der Waals surface area contributed by atoms with Crippen molar-refractivity contribution in [1.29, 1.82) is 0 Å². The van der Waals surface area contributed by atoms with Crippen molar-refractivity contribution in [1.82, 2.24) is 10.3 Å². The molecule has 0 aliphatic carbocycles. The molecule has 0 unspecified atom stereocenters. The molecule has 1 aromatic heterocycles. The predicted molar refractivity (Wildman–Crippen MR) is 118 cm³/mol. The van der Waals surface area contributed by atoms with Crippen molar-refractivity contribution in [3.8, 4) is 5.75 Å². The number of para-hydroxylation sites is 2. The van der Waals surface area contributed by atoms with E-state index in [1.165, 1.54) is 4.90 Å². The average molecular weight is 464 g/mol. The smallest absolute Gasteiger partial charge is 0.294 e. The molecule has 0 fully saturated rings. The molecule has 2 aromatic carbocycles. The molecule has 0 radical (unpaired) electrons. The first-order valence-electron chi connectivity index (χ1n) is 9.32. The SMILES string of the molecule is O=C(CN1C(=O)/C(=C/c2cccc(Br)c2)Oc2ccccc21)NCc1cccnc1.